The standard InChI is InChI=1S/C15H16N4O/c1-10-2-4-11(5-3-10)18-14-8-13(16-9-17-14)15(20)19-12-6-7-12/h2-5,8-9,12H,6-7H2,1H3,(H,19,20)(H,16,17,18). The smallest absolute Gasteiger partial charge is 0.270 e. The van der Waals surface area contributed by atoms with Gasteiger partial charge in [-0.1, -0.05) is 17.7 Å². The van der Waals surface area contributed by atoms with Gasteiger partial charge in [-0.2, -0.15) is 0 Å². The van der Waals surface area contributed by atoms with Crippen LogP contribution in [-0.4, -0.2) is 21.9 Å². The second-order valence-corrected chi connectivity index (χ2v) is 5.03. The summed E-state index contributed by atoms with van der Waals surface area (Å²) in [6, 6.07) is 9.97. The van der Waals surface area contributed by atoms with E-state index in [0.717, 1.165) is 18.5 Å². The van der Waals surface area contributed by atoms with Crippen LogP contribution >= 0.6 is 0 Å². The van der Waals surface area contributed by atoms with E-state index in [1.807, 2.05) is 31.2 Å². The van der Waals surface area contributed by atoms with Crippen LogP contribution in [0.15, 0.2) is 36.7 Å². The van der Waals surface area contributed by atoms with Crippen molar-refractivity contribution in [2.75, 3.05) is 5.32 Å². The number of aryl methyl sites for hydroxylation is 1. The molecule has 0 aliphatic heterocycles. The van der Waals surface area contributed by atoms with Crippen LogP contribution in [0.25, 0.3) is 0 Å². The van der Waals surface area contributed by atoms with E-state index in [4.69, 9.17) is 0 Å². The predicted molar refractivity (Wildman–Crippen MR) is 77.0 cm³/mol. The largest absolute Gasteiger partial charge is 0.348 e. The number of carbonyl (C=O) groups excluding carboxylic acids is 1. The van der Waals surface area contributed by atoms with Crippen LogP contribution in [0.2, 0.25) is 0 Å². The number of rotatable bonds is 4. The van der Waals surface area contributed by atoms with Crippen molar-refractivity contribution in [3.8, 4) is 0 Å². The molecule has 102 valence electrons. The molecular weight excluding hydrogens is 252 g/mol. The van der Waals surface area contributed by atoms with Crippen molar-refractivity contribution in [2.45, 2.75) is 25.8 Å². The summed E-state index contributed by atoms with van der Waals surface area (Å²) in [5.74, 6) is 0.478. The Morgan fingerprint density at radius 2 is 1.95 bits per heavy atom. The molecule has 0 unspecified atom stereocenters. The lowest BCUT2D eigenvalue weighted by Crippen LogP contribution is -2.26. The molecule has 0 bridgehead atoms. The minimum absolute atomic E-state index is 0.137. The van der Waals surface area contributed by atoms with Crippen LogP contribution in [0.1, 0.15) is 28.9 Å². The maximum Gasteiger partial charge on any atom is 0.270 e. The van der Waals surface area contributed by atoms with E-state index in [2.05, 4.69) is 20.6 Å². The van der Waals surface area contributed by atoms with Crippen molar-refractivity contribution in [3.05, 3.63) is 47.9 Å². The van der Waals surface area contributed by atoms with E-state index in [-0.39, 0.29) is 5.91 Å². The highest BCUT2D eigenvalue weighted by molar-refractivity contribution is 5.93. The molecule has 0 spiro atoms. The fourth-order valence-corrected chi connectivity index (χ4v) is 1.82. The Hall–Kier alpha value is -2.43. The fraction of sp³-hybridized carbons (Fsp3) is 0.267. The van der Waals surface area contributed by atoms with Gasteiger partial charge in [0.25, 0.3) is 5.91 Å². The van der Waals surface area contributed by atoms with Gasteiger partial charge in [-0.25, -0.2) is 9.97 Å². The molecule has 2 N–H and O–H groups in total. The van der Waals surface area contributed by atoms with Crippen LogP contribution in [-0.2, 0) is 0 Å². The first-order valence-corrected chi connectivity index (χ1v) is 6.67. The molecule has 0 atom stereocenters. The molecule has 1 aliphatic carbocycles. The number of benzene rings is 1. The molecule has 1 aliphatic rings. The van der Waals surface area contributed by atoms with E-state index in [9.17, 15) is 4.79 Å². The lowest BCUT2D eigenvalue weighted by Gasteiger charge is -2.07. The van der Waals surface area contributed by atoms with E-state index >= 15 is 0 Å². The second kappa shape index (κ2) is 5.28. The van der Waals surface area contributed by atoms with Gasteiger partial charge in [0, 0.05) is 17.8 Å². The molecule has 0 radical (unpaired) electrons. The maximum atomic E-state index is 11.9. The quantitative estimate of drug-likeness (QED) is 0.893. The van der Waals surface area contributed by atoms with Gasteiger partial charge in [-0.05, 0) is 31.9 Å². The molecule has 5 heteroatoms. The third kappa shape index (κ3) is 3.12. The average molecular weight is 268 g/mol. The zero-order valence-electron chi connectivity index (χ0n) is 11.3. The number of nitrogens with one attached hydrogen (secondary N) is 2. The Labute approximate surface area is 117 Å². The van der Waals surface area contributed by atoms with Crippen molar-refractivity contribution < 1.29 is 4.79 Å². The molecule has 1 heterocycles. The summed E-state index contributed by atoms with van der Waals surface area (Å²) in [4.78, 5) is 20.1. The Kier molecular flexibility index (Phi) is 3.33. The fourth-order valence-electron chi connectivity index (χ4n) is 1.82. The number of anilines is 2. The van der Waals surface area contributed by atoms with Gasteiger partial charge in [-0.15, -0.1) is 0 Å². The van der Waals surface area contributed by atoms with Gasteiger partial charge in [0.2, 0.25) is 0 Å². The summed E-state index contributed by atoms with van der Waals surface area (Å²) in [5.41, 5.74) is 2.52. The number of carbonyl (C=O) groups is 1. The van der Waals surface area contributed by atoms with Crippen molar-refractivity contribution in [1.82, 2.24) is 15.3 Å². The van der Waals surface area contributed by atoms with Crippen molar-refractivity contribution in [2.24, 2.45) is 0 Å². The molecule has 1 amide bonds. The number of hydrogen-bond donors (Lipinski definition) is 2. The third-order valence-electron chi connectivity index (χ3n) is 3.14. The van der Waals surface area contributed by atoms with Crippen molar-refractivity contribution in [3.63, 3.8) is 0 Å². The molecular formula is C15H16N4O. The summed E-state index contributed by atoms with van der Waals surface area (Å²) < 4.78 is 0. The Morgan fingerprint density at radius 1 is 1.20 bits per heavy atom. The highest BCUT2D eigenvalue weighted by atomic mass is 16.2. The monoisotopic (exact) mass is 268 g/mol. The minimum atomic E-state index is -0.137. The predicted octanol–water partition coefficient (Wildman–Crippen LogP) is 2.42. The van der Waals surface area contributed by atoms with Crippen molar-refractivity contribution in [1.29, 1.82) is 0 Å². The van der Waals surface area contributed by atoms with Gasteiger partial charge in [-0.3, -0.25) is 4.79 Å². The molecule has 1 fully saturated rings. The Bertz CT molecular complexity index is 620. The summed E-state index contributed by atoms with van der Waals surface area (Å²) in [6.45, 7) is 2.04. The lowest BCUT2D eigenvalue weighted by molar-refractivity contribution is 0.0946. The van der Waals surface area contributed by atoms with E-state index in [1.165, 1.54) is 11.9 Å². The van der Waals surface area contributed by atoms with Crippen LogP contribution in [0.4, 0.5) is 11.5 Å². The molecule has 1 saturated carbocycles. The topological polar surface area (TPSA) is 66.9 Å². The summed E-state index contributed by atoms with van der Waals surface area (Å²) >= 11 is 0. The minimum Gasteiger partial charge on any atom is -0.348 e. The average Bonchev–Trinajstić information content (AvgIpc) is 3.26. The summed E-state index contributed by atoms with van der Waals surface area (Å²) in [7, 11) is 0. The molecule has 2 aromatic rings. The number of hydrogen-bond acceptors (Lipinski definition) is 4. The second-order valence-electron chi connectivity index (χ2n) is 5.03. The first-order chi connectivity index (χ1) is 9.70. The van der Waals surface area contributed by atoms with Crippen LogP contribution in [0.3, 0.4) is 0 Å². The highest BCUT2D eigenvalue weighted by Crippen LogP contribution is 2.20. The van der Waals surface area contributed by atoms with Gasteiger partial charge < -0.3 is 10.6 Å². The zero-order valence-corrected chi connectivity index (χ0v) is 11.3. The maximum absolute atomic E-state index is 11.9. The number of nitrogens with zero attached hydrogens (tertiary/aromatic N) is 2. The van der Waals surface area contributed by atoms with Crippen LogP contribution in [0, 0.1) is 6.92 Å². The number of amides is 1. The van der Waals surface area contributed by atoms with E-state index in [0.29, 0.717) is 17.6 Å². The van der Waals surface area contributed by atoms with Gasteiger partial charge in [0.1, 0.15) is 17.8 Å². The highest BCUT2D eigenvalue weighted by Gasteiger charge is 2.24. The molecule has 1 aromatic carbocycles. The zero-order chi connectivity index (χ0) is 13.9. The summed E-state index contributed by atoms with van der Waals surface area (Å²) in [6.07, 6.45) is 3.52. The van der Waals surface area contributed by atoms with E-state index in [1.54, 1.807) is 6.07 Å². The lowest BCUT2D eigenvalue weighted by atomic mass is 10.2. The molecule has 5 nitrogen and oxygen atoms in total. The van der Waals surface area contributed by atoms with Crippen LogP contribution < -0.4 is 10.6 Å². The van der Waals surface area contributed by atoms with Gasteiger partial charge >= 0.3 is 0 Å². The molecule has 0 saturated heterocycles. The normalized spacial score (nSPS) is 13.8. The van der Waals surface area contributed by atoms with Crippen LogP contribution in [0.5, 0.6) is 0 Å². The third-order valence-corrected chi connectivity index (χ3v) is 3.14. The van der Waals surface area contributed by atoms with E-state index < -0.39 is 0 Å². The molecule has 3 rings (SSSR count). The molecule has 20 heavy (non-hydrogen) atoms. The van der Waals surface area contributed by atoms with Gasteiger partial charge in [0.05, 0.1) is 0 Å². The first-order valence-electron chi connectivity index (χ1n) is 6.67. The SMILES string of the molecule is Cc1ccc(Nc2cc(C(=O)NC3CC3)ncn2)cc1. The Morgan fingerprint density at radius 3 is 2.65 bits per heavy atom. The summed E-state index contributed by atoms with van der Waals surface area (Å²) in [5, 5.41) is 6.08. The van der Waals surface area contributed by atoms with Gasteiger partial charge in [0.15, 0.2) is 0 Å². The molecule has 1 aromatic heterocycles. The first kappa shape index (κ1) is 12.6. The Balaban J connectivity index is 1.73. The number of aromatic nitrogens is 2. The van der Waals surface area contributed by atoms with Crippen molar-refractivity contribution >= 4 is 17.4 Å².